The second-order valence-corrected chi connectivity index (χ2v) is 17.6. The zero-order chi connectivity index (χ0) is 40.6. The van der Waals surface area contributed by atoms with E-state index in [2.05, 4.69) is 31.6 Å². The number of aromatic nitrogens is 1. The molecule has 6 atom stereocenters. The Morgan fingerprint density at radius 1 is 0.821 bits per heavy atom. The second kappa shape index (κ2) is 19.3. The maximum Gasteiger partial charge on any atom is 0.268 e. The Labute approximate surface area is 331 Å². The summed E-state index contributed by atoms with van der Waals surface area (Å²) in [5.74, 6) is -1.94. The van der Waals surface area contributed by atoms with Crippen molar-refractivity contribution in [3.05, 3.63) is 35.5 Å². The summed E-state index contributed by atoms with van der Waals surface area (Å²) in [6.45, 7) is 9.14. The molecular weight excluding hydrogens is 713 g/mol. The number of nitrogens with one attached hydrogen (secondary N) is 6. The third-order valence-corrected chi connectivity index (χ3v) is 11.9. The highest BCUT2D eigenvalue weighted by Crippen LogP contribution is 2.31. The van der Waals surface area contributed by atoms with Crippen molar-refractivity contribution in [2.45, 2.75) is 167 Å². The van der Waals surface area contributed by atoms with Crippen LogP contribution < -0.4 is 26.6 Å². The van der Waals surface area contributed by atoms with E-state index in [0.717, 1.165) is 76.0 Å². The molecule has 0 bridgehead atoms. The van der Waals surface area contributed by atoms with Gasteiger partial charge in [-0.05, 0) is 99.8 Å². The van der Waals surface area contributed by atoms with E-state index in [-0.39, 0.29) is 53.6 Å². The number of carbonyl (C=O) groups excluding carboxylic acids is 6. The number of rotatable bonds is 17. The number of fused-ring (bicyclic) bond motifs is 1. The summed E-state index contributed by atoms with van der Waals surface area (Å²) in [6.07, 6.45) is 10.4. The number of aliphatic hydroxyl groups excluding tert-OH is 1. The Bertz CT molecular complexity index is 1720. The van der Waals surface area contributed by atoms with Crippen molar-refractivity contribution < 1.29 is 33.9 Å². The molecule has 13 heteroatoms. The Balaban J connectivity index is 1.23. The van der Waals surface area contributed by atoms with E-state index in [9.17, 15) is 33.9 Å². The molecule has 3 fully saturated rings. The number of benzene rings is 1. The van der Waals surface area contributed by atoms with E-state index in [1.54, 1.807) is 24.3 Å². The van der Waals surface area contributed by atoms with Crippen LogP contribution in [0.15, 0.2) is 24.3 Å². The van der Waals surface area contributed by atoms with E-state index in [0.29, 0.717) is 30.3 Å². The van der Waals surface area contributed by atoms with E-state index in [1.807, 2.05) is 27.7 Å². The van der Waals surface area contributed by atoms with Crippen LogP contribution >= 0.6 is 0 Å². The van der Waals surface area contributed by atoms with Gasteiger partial charge in [-0.1, -0.05) is 66.2 Å². The second-order valence-electron chi connectivity index (χ2n) is 17.6. The lowest BCUT2D eigenvalue weighted by Gasteiger charge is -2.37. The number of Topliss-reactive ketones (excluding diaryl/α,β-unsaturated/α-hetero) is 1. The molecule has 1 aromatic carbocycles. The average molecular weight is 777 g/mol. The van der Waals surface area contributed by atoms with Crippen molar-refractivity contribution in [3.8, 4) is 0 Å². The van der Waals surface area contributed by atoms with Gasteiger partial charge in [-0.3, -0.25) is 28.8 Å². The molecule has 0 saturated heterocycles. The molecule has 3 aliphatic carbocycles. The van der Waals surface area contributed by atoms with Gasteiger partial charge >= 0.3 is 0 Å². The molecule has 0 spiro atoms. The van der Waals surface area contributed by atoms with Crippen molar-refractivity contribution >= 4 is 46.2 Å². The smallest absolute Gasteiger partial charge is 0.268 e. The summed E-state index contributed by atoms with van der Waals surface area (Å²) >= 11 is 0. The van der Waals surface area contributed by atoms with Gasteiger partial charge in [0, 0.05) is 35.0 Å². The molecule has 3 aliphatic rings. The molecular formula is C43H64N6O7. The average Bonchev–Trinajstić information content (AvgIpc) is 3.88. The number of amides is 5. The van der Waals surface area contributed by atoms with Crippen LogP contribution in [0.1, 0.15) is 152 Å². The number of aliphatic hydroxyl groups is 1. The summed E-state index contributed by atoms with van der Waals surface area (Å²) in [7, 11) is 0. The highest BCUT2D eigenvalue weighted by atomic mass is 16.3. The largest absolute Gasteiger partial charge is 0.381 e. The summed E-state index contributed by atoms with van der Waals surface area (Å²) in [5.41, 5.74) is 0.879. The topological polar surface area (TPSA) is 199 Å². The third kappa shape index (κ3) is 11.6. The van der Waals surface area contributed by atoms with Crippen LogP contribution in [0, 0.1) is 17.3 Å². The highest BCUT2D eigenvalue weighted by Gasteiger charge is 2.40. The maximum absolute atomic E-state index is 14.2. The standard InChI is InChI=1S/C43H64N6O7/c1-6-12-33(37(52)41(55)44-30-19-20-30)46-35(51)22-18-26-13-10-11-16-31(26)47-42(56)38(43(3,4)5)49-40(54)36(27-14-8-7-9-15-27)48-39(53)34-24-29-23-28(25(2)50)17-21-32(29)45-34/h17,21,23-24,26-27,30-31,33,36-38,45,52H,6-16,18-20,22H2,1-5H3,(H,44,55)(H,46,51)(H,47,56)(H,48,53)(H,49,54)/t26-,31-,33-,36-,37?,38+/m0/s1. The molecule has 1 aromatic heterocycles. The lowest BCUT2D eigenvalue weighted by Crippen LogP contribution is -2.61. The predicted molar refractivity (Wildman–Crippen MR) is 215 cm³/mol. The van der Waals surface area contributed by atoms with Gasteiger partial charge in [0.15, 0.2) is 11.9 Å². The monoisotopic (exact) mass is 776 g/mol. The van der Waals surface area contributed by atoms with Crippen LogP contribution in [0.4, 0.5) is 0 Å². The molecule has 7 N–H and O–H groups in total. The molecule has 308 valence electrons. The molecule has 56 heavy (non-hydrogen) atoms. The van der Waals surface area contributed by atoms with Gasteiger partial charge in [-0.25, -0.2) is 0 Å². The van der Waals surface area contributed by atoms with Gasteiger partial charge in [-0.15, -0.1) is 0 Å². The van der Waals surface area contributed by atoms with Gasteiger partial charge < -0.3 is 36.7 Å². The third-order valence-electron chi connectivity index (χ3n) is 11.9. The molecule has 5 rings (SSSR count). The molecule has 5 amide bonds. The minimum Gasteiger partial charge on any atom is -0.381 e. The summed E-state index contributed by atoms with van der Waals surface area (Å²) in [5, 5.41) is 26.4. The van der Waals surface area contributed by atoms with E-state index < -0.39 is 47.4 Å². The first-order valence-electron chi connectivity index (χ1n) is 21.0. The fourth-order valence-electron chi connectivity index (χ4n) is 8.39. The molecule has 0 aliphatic heterocycles. The Hall–Kier alpha value is -4.26. The Kier molecular flexibility index (Phi) is 14.7. The molecule has 2 aromatic rings. The SMILES string of the molecule is CCC[C@H](NC(=O)CC[C@@H]1CCCC[C@@H]1NC(=O)[C@@H](NC(=O)[C@@H](NC(=O)c1cc2cc(C(C)=O)ccc2[nH]1)C1CCCCC1)C(C)(C)C)C(O)C(=O)NC1CC1. The first-order valence-corrected chi connectivity index (χ1v) is 21.0. The number of carbonyl (C=O) groups is 6. The Morgan fingerprint density at radius 3 is 2.18 bits per heavy atom. The van der Waals surface area contributed by atoms with Gasteiger partial charge in [0.2, 0.25) is 17.7 Å². The van der Waals surface area contributed by atoms with Gasteiger partial charge in [0.1, 0.15) is 17.8 Å². The van der Waals surface area contributed by atoms with Crippen molar-refractivity contribution in [1.29, 1.82) is 0 Å². The first-order chi connectivity index (χ1) is 26.6. The Morgan fingerprint density at radius 2 is 1.52 bits per heavy atom. The van der Waals surface area contributed by atoms with E-state index in [4.69, 9.17) is 0 Å². The zero-order valence-electron chi connectivity index (χ0n) is 33.9. The maximum atomic E-state index is 14.2. The first kappa shape index (κ1) is 42.9. The minimum absolute atomic E-state index is 0.0413. The lowest BCUT2D eigenvalue weighted by atomic mass is 9.80. The molecule has 13 nitrogen and oxygen atoms in total. The van der Waals surface area contributed by atoms with Gasteiger partial charge in [0.25, 0.3) is 11.8 Å². The van der Waals surface area contributed by atoms with E-state index >= 15 is 0 Å². The quantitative estimate of drug-likeness (QED) is 0.110. The fraction of sp³-hybridized carbons (Fsp3) is 0.674. The number of ketones is 1. The number of H-pyrrole nitrogens is 1. The fourth-order valence-corrected chi connectivity index (χ4v) is 8.39. The summed E-state index contributed by atoms with van der Waals surface area (Å²) in [4.78, 5) is 82.8. The molecule has 0 radical (unpaired) electrons. The minimum atomic E-state index is -1.31. The van der Waals surface area contributed by atoms with Crippen LogP contribution in [-0.2, 0) is 19.2 Å². The lowest BCUT2D eigenvalue weighted by molar-refractivity contribution is -0.134. The molecule has 3 saturated carbocycles. The normalized spacial score (nSPS) is 21.2. The van der Waals surface area contributed by atoms with Crippen LogP contribution in [0.2, 0.25) is 0 Å². The van der Waals surface area contributed by atoms with E-state index in [1.165, 1.54) is 6.92 Å². The van der Waals surface area contributed by atoms with Gasteiger partial charge in [-0.2, -0.15) is 0 Å². The molecule has 1 unspecified atom stereocenters. The number of aromatic amines is 1. The van der Waals surface area contributed by atoms with Crippen molar-refractivity contribution in [3.63, 3.8) is 0 Å². The van der Waals surface area contributed by atoms with Crippen LogP contribution in [-0.4, -0.2) is 81.7 Å². The number of hydrogen-bond donors (Lipinski definition) is 7. The van der Waals surface area contributed by atoms with Crippen molar-refractivity contribution in [2.75, 3.05) is 0 Å². The zero-order valence-corrected chi connectivity index (χ0v) is 33.9. The van der Waals surface area contributed by atoms with Crippen LogP contribution in [0.5, 0.6) is 0 Å². The highest BCUT2D eigenvalue weighted by molar-refractivity contribution is 6.03. The summed E-state index contributed by atoms with van der Waals surface area (Å²) in [6, 6.07) is 4.40. The van der Waals surface area contributed by atoms with Crippen molar-refractivity contribution in [2.24, 2.45) is 17.3 Å². The predicted octanol–water partition coefficient (Wildman–Crippen LogP) is 4.96. The van der Waals surface area contributed by atoms with Crippen LogP contribution in [0.3, 0.4) is 0 Å². The van der Waals surface area contributed by atoms with Gasteiger partial charge in [0.05, 0.1) is 6.04 Å². The van der Waals surface area contributed by atoms with Crippen molar-refractivity contribution in [1.82, 2.24) is 31.6 Å². The molecule has 1 heterocycles. The van der Waals surface area contributed by atoms with Crippen LogP contribution in [0.25, 0.3) is 10.9 Å². The summed E-state index contributed by atoms with van der Waals surface area (Å²) < 4.78 is 0. The number of hydrogen-bond acceptors (Lipinski definition) is 7.